The first-order chi connectivity index (χ1) is 7.66. The van der Waals surface area contributed by atoms with Crippen molar-refractivity contribution in [3.63, 3.8) is 0 Å². The van der Waals surface area contributed by atoms with Gasteiger partial charge in [-0.05, 0) is 18.6 Å². The second-order valence-corrected chi connectivity index (χ2v) is 3.91. The van der Waals surface area contributed by atoms with Crippen LogP contribution in [-0.2, 0) is 0 Å². The normalized spacial score (nSPS) is 14.5. The monoisotopic (exact) mass is 239 g/mol. The third-order valence-corrected chi connectivity index (χ3v) is 2.80. The van der Waals surface area contributed by atoms with Crippen LogP contribution in [0, 0.1) is 0 Å². The number of fused-ring (bicyclic) bond motifs is 1. The Hall–Kier alpha value is -1.39. The molecule has 1 N–H and O–H groups in total. The molecule has 1 aliphatic rings. The molecule has 0 radical (unpaired) electrons. The van der Waals surface area contributed by atoms with Crippen molar-refractivity contribution in [2.45, 2.75) is 6.42 Å². The van der Waals surface area contributed by atoms with Crippen LogP contribution in [-0.4, -0.2) is 35.0 Å². The number of carbonyl (C=O) groups is 2. The number of nitrogens with zero attached hydrogens (tertiary/aromatic N) is 1. The molecular formula is C11H10ClNO3. The van der Waals surface area contributed by atoms with E-state index >= 15 is 0 Å². The van der Waals surface area contributed by atoms with E-state index in [0.717, 1.165) is 4.90 Å². The summed E-state index contributed by atoms with van der Waals surface area (Å²) in [5.41, 5.74) is 0.613. The van der Waals surface area contributed by atoms with Crippen molar-refractivity contribution in [2.24, 2.45) is 0 Å². The molecule has 1 heterocycles. The Morgan fingerprint density at radius 2 is 2.00 bits per heavy atom. The largest absolute Gasteiger partial charge is 0.396 e. The maximum absolute atomic E-state index is 11.9. The van der Waals surface area contributed by atoms with E-state index < -0.39 is 0 Å². The van der Waals surface area contributed by atoms with E-state index in [2.05, 4.69) is 0 Å². The number of hydrogen-bond acceptors (Lipinski definition) is 3. The number of aliphatic hydroxyl groups is 1. The van der Waals surface area contributed by atoms with Gasteiger partial charge in [0.2, 0.25) is 0 Å². The highest BCUT2D eigenvalue weighted by atomic mass is 35.5. The summed E-state index contributed by atoms with van der Waals surface area (Å²) >= 11 is 5.88. The molecule has 1 aromatic rings. The first kappa shape index (κ1) is 11.1. The molecule has 0 spiro atoms. The predicted octanol–water partition coefficient (Wildman–Crippen LogP) is 1.32. The Labute approximate surface area is 97.4 Å². The van der Waals surface area contributed by atoms with Crippen molar-refractivity contribution in [3.8, 4) is 0 Å². The molecule has 0 bridgehead atoms. The third kappa shape index (κ3) is 1.60. The minimum absolute atomic E-state index is 0.0544. The summed E-state index contributed by atoms with van der Waals surface area (Å²) in [5.74, 6) is -0.713. The van der Waals surface area contributed by atoms with Gasteiger partial charge in [-0.2, -0.15) is 0 Å². The fourth-order valence-corrected chi connectivity index (χ4v) is 1.98. The van der Waals surface area contributed by atoms with Crippen LogP contribution in [0.3, 0.4) is 0 Å². The van der Waals surface area contributed by atoms with Crippen molar-refractivity contribution in [3.05, 3.63) is 34.3 Å². The van der Waals surface area contributed by atoms with Gasteiger partial charge >= 0.3 is 0 Å². The number of imide groups is 1. The van der Waals surface area contributed by atoms with Gasteiger partial charge in [-0.3, -0.25) is 14.5 Å². The van der Waals surface area contributed by atoms with Gasteiger partial charge in [-0.1, -0.05) is 17.7 Å². The smallest absolute Gasteiger partial charge is 0.263 e. The number of aliphatic hydroxyl groups excluding tert-OH is 1. The molecule has 0 fully saturated rings. The summed E-state index contributed by atoms with van der Waals surface area (Å²) in [6.45, 7) is 0.167. The molecule has 84 valence electrons. The van der Waals surface area contributed by atoms with Crippen LogP contribution >= 0.6 is 11.6 Å². The number of halogens is 1. The molecule has 1 aliphatic heterocycles. The first-order valence-electron chi connectivity index (χ1n) is 4.92. The zero-order valence-electron chi connectivity index (χ0n) is 8.44. The van der Waals surface area contributed by atoms with Gasteiger partial charge in [-0.25, -0.2) is 0 Å². The quantitative estimate of drug-likeness (QED) is 0.810. The van der Waals surface area contributed by atoms with Gasteiger partial charge in [-0.15, -0.1) is 0 Å². The molecule has 0 unspecified atom stereocenters. The topological polar surface area (TPSA) is 57.6 Å². The molecule has 0 aliphatic carbocycles. The van der Waals surface area contributed by atoms with Crippen molar-refractivity contribution >= 4 is 23.4 Å². The average molecular weight is 240 g/mol. The lowest BCUT2D eigenvalue weighted by Crippen LogP contribution is -2.31. The lowest BCUT2D eigenvalue weighted by molar-refractivity contribution is 0.0645. The standard InChI is InChI=1S/C11H10ClNO3/c12-8-4-1-3-7-9(8)11(16)13(10(7)15)5-2-6-14/h1,3-4,14H,2,5-6H2. The Bertz CT molecular complexity index is 459. The lowest BCUT2D eigenvalue weighted by Gasteiger charge is -2.12. The molecule has 4 nitrogen and oxygen atoms in total. The van der Waals surface area contributed by atoms with E-state index in [-0.39, 0.29) is 30.5 Å². The number of rotatable bonds is 3. The van der Waals surface area contributed by atoms with Crippen LogP contribution in [0.5, 0.6) is 0 Å². The number of amides is 2. The number of hydrogen-bond donors (Lipinski definition) is 1. The van der Waals surface area contributed by atoms with Gasteiger partial charge in [0.05, 0.1) is 16.1 Å². The van der Waals surface area contributed by atoms with Gasteiger partial charge in [0.25, 0.3) is 11.8 Å². The second-order valence-electron chi connectivity index (χ2n) is 3.50. The predicted molar refractivity (Wildman–Crippen MR) is 58.5 cm³/mol. The zero-order valence-corrected chi connectivity index (χ0v) is 9.20. The molecule has 0 aromatic heterocycles. The van der Waals surface area contributed by atoms with E-state index in [9.17, 15) is 9.59 Å². The molecule has 0 saturated carbocycles. The van der Waals surface area contributed by atoms with E-state index in [1.165, 1.54) is 0 Å². The van der Waals surface area contributed by atoms with Crippen LogP contribution in [0.4, 0.5) is 0 Å². The summed E-state index contributed by atoms with van der Waals surface area (Å²) in [5, 5.41) is 8.99. The minimum Gasteiger partial charge on any atom is -0.396 e. The van der Waals surface area contributed by atoms with Crippen LogP contribution in [0.2, 0.25) is 5.02 Å². The third-order valence-electron chi connectivity index (χ3n) is 2.49. The van der Waals surface area contributed by atoms with E-state index in [1.807, 2.05) is 0 Å². The molecule has 2 rings (SSSR count). The lowest BCUT2D eigenvalue weighted by atomic mass is 10.1. The fraction of sp³-hybridized carbons (Fsp3) is 0.273. The van der Waals surface area contributed by atoms with Crippen molar-refractivity contribution in [2.75, 3.05) is 13.2 Å². The van der Waals surface area contributed by atoms with Gasteiger partial charge in [0, 0.05) is 13.2 Å². The maximum atomic E-state index is 11.9. The maximum Gasteiger partial charge on any atom is 0.263 e. The van der Waals surface area contributed by atoms with Crippen LogP contribution in [0.1, 0.15) is 27.1 Å². The van der Waals surface area contributed by atoms with E-state index in [0.29, 0.717) is 17.0 Å². The van der Waals surface area contributed by atoms with Gasteiger partial charge in [0.1, 0.15) is 0 Å². The van der Waals surface area contributed by atoms with Crippen molar-refractivity contribution in [1.82, 2.24) is 4.90 Å². The second kappa shape index (κ2) is 4.23. The number of carbonyl (C=O) groups excluding carboxylic acids is 2. The Morgan fingerprint density at radius 1 is 1.25 bits per heavy atom. The highest BCUT2D eigenvalue weighted by molar-refractivity contribution is 6.37. The van der Waals surface area contributed by atoms with Crippen LogP contribution in [0.25, 0.3) is 0 Å². The molecule has 1 aromatic carbocycles. The molecule has 16 heavy (non-hydrogen) atoms. The van der Waals surface area contributed by atoms with Gasteiger partial charge < -0.3 is 5.11 Å². The van der Waals surface area contributed by atoms with Gasteiger partial charge in [0.15, 0.2) is 0 Å². The van der Waals surface area contributed by atoms with Crippen LogP contribution in [0.15, 0.2) is 18.2 Å². The molecule has 2 amide bonds. The Kier molecular flexibility index (Phi) is 2.94. The summed E-state index contributed by atoms with van der Waals surface area (Å²) in [6.07, 6.45) is 0.378. The highest BCUT2D eigenvalue weighted by Gasteiger charge is 2.36. The molecule has 0 atom stereocenters. The van der Waals surface area contributed by atoms with Crippen molar-refractivity contribution < 1.29 is 14.7 Å². The highest BCUT2D eigenvalue weighted by Crippen LogP contribution is 2.28. The zero-order chi connectivity index (χ0) is 11.7. The summed E-state index contributed by atoms with van der Waals surface area (Å²) < 4.78 is 0. The number of benzene rings is 1. The SMILES string of the molecule is O=C1c2cccc(Cl)c2C(=O)N1CCCO. The average Bonchev–Trinajstić information content (AvgIpc) is 2.51. The first-order valence-corrected chi connectivity index (χ1v) is 5.30. The Morgan fingerprint density at radius 3 is 2.62 bits per heavy atom. The summed E-state index contributed by atoms with van der Waals surface area (Å²) in [4.78, 5) is 24.8. The van der Waals surface area contributed by atoms with E-state index in [1.54, 1.807) is 18.2 Å². The minimum atomic E-state index is -0.376. The molecule has 5 heteroatoms. The molecular weight excluding hydrogens is 230 g/mol. The summed E-state index contributed by atoms with van der Waals surface area (Å²) in [7, 11) is 0. The summed E-state index contributed by atoms with van der Waals surface area (Å²) in [6, 6.07) is 4.81. The van der Waals surface area contributed by atoms with Crippen LogP contribution < -0.4 is 0 Å². The molecule has 0 saturated heterocycles. The van der Waals surface area contributed by atoms with Crippen molar-refractivity contribution in [1.29, 1.82) is 0 Å². The Balaban J connectivity index is 2.37. The van der Waals surface area contributed by atoms with E-state index in [4.69, 9.17) is 16.7 Å². The fourth-order valence-electron chi connectivity index (χ4n) is 1.72.